The zero-order chi connectivity index (χ0) is 32.2. The monoisotopic (exact) mass is 619 g/mol. The SMILES string of the molecule is CCCCC/C=C/C/C=C/CCCCCCCC(=O)O[C@@H](CO)COC(=O)CCCCCCC/C=C/CCCCCCCC. The summed E-state index contributed by atoms with van der Waals surface area (Å²) in [6, 6.07) is 0. The molecule has 0 saturated carbocycles. The van der Waals surface area contributed by atoms with Crippen LogP contribution in [0.2, 0.25) is 0 Å². The number of rotatable bonds is 33. The summed E-state index contributed by atoms with van der Waals surface area (Å²) in [6.45, 7) is 4.08. The number of unbranched alkanes of at least 4 members (excludes halogenated alkanes) is 19. The molecule has 0 amide bonds. The lowest BCUT2D eigenvalue weighted by molar-refractivity contribution is -0.161. The number of allylic oxidation sites excluding steroid dienone is 6. The lowest BCUT2D eigenvalue weighted by Crippen LogP contribution is -2.28. The second-order valence-corrected chi connectivity index (χ2v) is 12.3. The number of carbonyl (C=O) groups excluding carboxylic acids is 2. The molecule has 0 radical (unpaired) electrons. The molecule has 0 aliphatic heterocycles. The molecule has 0 spiro atoms. The zero-order valence-electron chi connectivity index (χ0n) is 28.9. The first kappa shape index (κ1) is 42.1. The van der Waals surface area contributed by atoms with E-state index in [1.807, 2.05) is 0 Å². The molecule has 0 aliphatic carbocycles. The van der Waals surface area contributed by atoms with E-state index in [9.17, 15) is 14.7 Å². The van der Waals surface area contributed by atoms with Gasteiger partial charge in [-0.2, -0.15) is 0 Å². The topological polar surface area (TPSA) is 72.8 Å². The summed E-state index contributed by atoms with van der Waals surface area (Å²) in [5, 5.41) is 9.53. The Morgan fingerprint density at radius 3 is 1.41 bits per heavy atom. The lowest BCUT2D eigenvalue weighted by atomic mass is 10.1. The summed E-state index contributed by atoms with van der Waals surface area (Å²) in [4.78, 5) is 24.2. The maximum Gasteiger partial charge on any atom is 0.306 e. The van der Waals surface area contributed by atoms with Crippen molar-refractivity contribution in [1.82, 2.24) is 0 Å². The van der Waals surface area contributed by atoms with Crippen molar-refractivity contribution in [2.24, 2.45) is 0 Å². The minimum Gasteiger partial charge on any atom is -0.462 e. The van der Waals surface area contributed by atoms with Crippen molar-refractivity contribution in [3.63, 3.8) is 0 Å². The van der Waals surface area contributed by atoms with Crippen molar-refractivity contribution in [1.29, 1.82) is 0 Å². The number of aliphatic hydroxyl groups excluding tert-OH is 1. The van der Waals surface area contributed by atoms with E-state index in [1.165, 1.54) is 89.9 Å². The van der Waals surface area contributed by atoms with Crippen LogP contribution < -0.4 is 0 Å². The Labute approximate surface area is 272 Å². The van der Waals surface area contributed by atoms with Gasteiger partial charge in [0.25, 0.3) is 0 Å². The Balaban J connectivity index is 3.61. The van der Waals surface area contributed by atoms with E-state index in [1.54, 1.807) is 0 Å². The van der Waals surface area contributed by atoms with Gasteiger partial charge < -0.3 is 14.6 Å². The molecule has 1 atom stereocenters. The van der Waals surface area contributed by atoms with Gasteiger partial charge in [-0.05, 0) is 70.6 Å². The third-order valence-corrected chi connectivity index (χ3v) is 7.91. The second-order valence-electron chi connectivity index (χ2n) is 12.3. The zero-order valence-corrected chi connectivity index (χ0v) is 28.9. The summed E-state index contributed by atoms with van der Waals surface area (Å²) >= 11 is 0. The van der Waals surface area contributed by atoms with Crippen LogP contribution in [0.5, 0.6) is 0 Å². The van der Waals surface area contributed by atoms with Crippen LogP contribution in [0.4, 0.5) is 0 Å². The van der Waals surface area contributed by atoms with Crippen LogP contribution in [0.15, 0.2) is 36.5 Å². The van der Waals surface area contributed by atoms with Gasteiger partial charge in [0, 0.05) is 12.8 Å². The number of ether oxygens (including phenoxy) is 2. The van der Waals surface area contributed by atoms with Crippen molar-refractivity contribution in [2.75, 3.05) is 13.2 Å². The fourth-order valence-electron chi connectivity index (χ4n) is 5.05. The normalized spacial score (nSPS) is 12.5. The molecule has 0 aromatic rings. The fraction of sp³-hybridized carbons (Fsp3) is 0.795. The first-order valence-electron chi connectivity index (χ1n) is 18.5. The van der Waals surface area contributed by atoms with Gasteiger partial charge in [0.1, 0.15) is 6.61 Å². The molecule has 0 bridgehead atoms. The number of hydrogen-bond acceptors (Lipinski definition) is 5. The highest BCUT2D eigenvalue weighted by molar-refractivity contribution is 5.70. The molecule has 0 aliphatic rings. The molecule has 5 nitrogen and oxygen atoms in total. The summed E-state index contributed by atoms with van der Waals surface area (Å²) in [7, 11) is 0. The van der Waals surface area contributed by atoms with Gasteiger partial charge in [-0.15, -0.1) is 0 Å². The summed E-state index contributed by atoms with van der Waals surface area (Å²) < 4.78 is 10.6. The Morgan fingerprint density at radius 1 is 0.523 bits per heavy atom. The third-order valence-electron chi connectivity index (χ3n) is 7.91. The fourth-order valence-corrected chi connectivity index (χ4v) is 5.05. The molecule has 0 heterocycles. The van der Waals surface area contributed by atoms with Crippen LogP contribution in [-0.2, 0) is 19.1 Å². The van der Waals surface area contributed by atoms with Gasteiger partial charge in [0.2, 0.25) is 0 Å². The van der Waals surface area contributed by atoms with Crippen molar-refractivity contribution < 1.29 is 24.2 Å². The summed E-state index contributed by atoms with van der Waals surface area (Å²) in [6.07, 6.45) is 41.9. The van der Waals surface area contributed by atoms with Gasteiger partial charge >= 0.3 is 11.9 Å². The van der Waals surface area contributed by atoms with E-state index in [0.29, 0.717) is 12.8 Å². The average Bonchev–Trinajstić information content (AvgIpc) is 3.02. The van der Waals surface area contributed by atoms with Crippen LogP contribution in [0, 0.1) is 0 Å². The molecule has 5 heteroatoms. The molecular weight excluding hydrogens is 548 g/mol. The largest absolute Gasteiger partial charge is 0.462 e. The first-order chi connectivity index (χ1) is 21.6. The van der Waals surface area contributed by atoms with Crippen molar-refractivity contribution in [2.45, 2.75) is 187 Å². The van der Waals surface area contributed by atoms with Gasteiger partial charge in [-0.3, -0.25) is 9.59 Å². The highest BCUT2D eigenvalue weighted by Gasteiger charge is 2.16. The molecule has 0 fully saturated rings. The highest BCUT2D eigenvalue weighted by atomic mass is 16.6. The Bertz CT molecular complexity index is 711. The van der Waals surface area contributed by atoms with Crippen LogP contribution >= 0.6 is 0 Å². The van der Waals surface area contributed by atoms with E-state index in [-0.39, 0.29) is 25.2 Å². The van der Waals surface area contributed by atoms with Gasteiger partial charge in [0.05, 0.1) is 6.61 Å². The van der Waals surface area contributed by atoms with Crippen molar-refractivity contribution in [3.8, 4) is 0 Å². The van der Waals surface area contributed by atoms with Crippen molar-refractivity contribution >= 4 is 11.9 Å². The third kappa shape index (κ3) is 33.0. The van der Waals surface area contributed by atoms with Gasteiger partial charge in [0.15, 0.2) is 6.10 Å². The van der Waals surface area contributed by atoms with Crippen LogP contribution in [0.25, 0.3) is 0 Å². The Hall–Kier alpha value is -1.88. The van der Waals surface area contributed by atoms with E-state index >= 15 is 0 Å². The maximum absolute atomic E-state index is 12.1. The minimum absolute atomic E-state index is 0.0751. The Morgan fingerprint density at radius 2 is 0.909 bits per heavy atom. The van der Waals surface area contributed by atoms with Crippen molar-refractivity contribution in [3.05, 3.63) is 36.5 Å². The van der Waals surface area contributed by atoms with Crippen LogP contribution in [0.1, 0.15) is 181 Å². The van der Waals surface area contributed by atoms with E-state index < -0.39 is 6.10 Å². The van der Waals surface area contributed by atoms with Crippen LogP contribution in [0.3, 0.4) is 0 Å². The summed E-state index contributed by atoms with van der Waals surface area (Å²) in [5.74, 6) is -0.617. The van der Waals surface area contributed by atoms with E-state index in [2.05, 4.69) is 50.3 Å². The molecule has 0 saturated heterocycles. The molecule has 256 valence electrons. The minimum atomic E-state index is -0.779. The average molecular weight is 619 g/mol. The second kappa shape index (κ2) is 35.6. The molecule has 0 aromatic heterocycles. The maximum atomic E-state index is 12.1. The van der Waals surface area contributed by atoms with Gasteiger partial charge in [-0.25, -0.2) is 0 Å². The predicted molar refractivity (Wildman–Crippen MR) is 187 cm³/mol. The summed E-state index contributed by atoms with van der Waals surface area (Å²) in [5.41, 5.74) is 0. The van der Waals surface area contributed by atoms with Gasteiger partial charge in [-0.1, -0.05) is 134 Å². The standard InChI is InChI=1S/C39H70O5/c1-3-5-7-9-11-13-15-17-19-21-23-25-27-29-31-33-38(41)43-36-37(35-40)44-39(42)34-32-30-28-26-24-22-20-18-16-14-12-10-8-6-4-2/h12,14,17-20,37,40H,3-11,13,15-16,21-36H2,1-2H3/b14-12+,19-17+,20-18+/t37-/m0/s1. The molecule has 0 rings (SSSR count). The number of hydrogen-bond donors (Lipinski definition) is 1. The number of esters is 2. The number of carbonyl (C=O) groups is 2. The van der Waals surface area contributed by atoms with E-state index in [0.717, 1.165) is 64.2 Å². The highest BCUT2D eigenvalue weighted by Crippen LogP contribution is 2.12. The smallest absolute Gasteiger partial charge is 0.306 e. The predicted octanol–water partition coefficient (Wildman–Crippen LogP) is 11.3. The molecule has 44 heavy (non-hydrogen) atoms. The Kier molecular flexibility index (Phi) is 34.1. The molecule has 0 unspecified atom stereocenters. The molecule has 1 N–H and O–H groups in total. The number of aliphatic hydroxyl groups is 1. The van der Waals surface area contributed by atoms with E-state index in [4.69, 9.17) is 9.47 Å². The first-order valence-corrected chi connectivity index (χ1v) is 18.5. The molecular formula is C39H70O5. The van der Waals surface area contributed by atoms with Crippen LogP contribution in [-0.4, -0.2) is 36.4 Å². The quantitative estimate of drug-likeness (QED) is 0.0450. The lowest BCUT2D eigenvalue weighted by Gasteiger charge is -2.15. The molecule has 0 aromatic carbocycles.